The monoisotopic (exact) mass is 398 g/mol. The highest BCUT2D eigenvalue weighted by Gasteiger charge is 2.41. The number of hydrogen-bond acceptors (Lipinski definition) is 7. The Balaban J connectivity index is 1.33. The van der Waals surface area contributed by atoms with E-state index in [0.29, 0.717) is 50.7 Å². The standard InChI is InChI=1S/C21H26N4O4/c1-15(2)29-17-5-3-16(4-6-17)22-19-8-7-18(23-24-19)20(26)25-11-9-21(10-12-25)27-13-14-28-21/h3-8,15H,9-14H2,1-2H3,(H,22,24). The van der Waals surface area contributed by atoms with Crippen molar-refractivity contribution >= 4 is 17.4 Å². The van der Waals surface area contributed by atoms with Crippen molar-refractivity contribution in [2.24, 2.45) is 0 Å². The van der Waals surface area contributed by atoms with Crippen molar-refractivity contribution in [2.45, 2.75) is 38.6 Å². The number of nitrogens with zero attached hydrogens (tertiary/aromatic N) is 3. The van der Waals surface area contributed by atoms with Crippen LogP contribution < -0.4 is 10.1 Å². The number of hydrogen-bond donors (Lipinski definition) is 1. The summed E-state index contributed by atoms with van der Waals surface area (Å²) in [5.74, 6) is 0.775. The van der Waals surface area contributed by atoms with Crippen LogP contribution in [0.1, 0.15) is 37.2 Å². The fraction of sp³-hybridized carbons (Fsp3) is 0.476. The van der Waals surface area contributed by atoms with E-state index in [-0.39, 0.29) is 12.0 Å². The Labute approximate surface area is 170 Å². The Kier molecular flexibility index (Phi) is 5.64. The van der Waals surface area contributed by atoms with E-state index in [1.165, 1.54) is 0 Å². The molecule has 29 heavy (non-hydrogen) atoms. The van der Waals surface area contributed by atoms with Gasteiger partial charge in [0.15, 0.2) is 17.3 Å². The van der Waals surface area contributed by atoms with Crippen LogP contribution in [0.2, 0.25) is 0 Å². The maximum absolute atomic E-state index is 12.7. The van der Waals surface area contributed by atoms with E-state index >= 15 is 0 Å². The second-order valence-electron chi connectivity index (χ2n) is 7.52. The van der Waals surface area contributed by atoms with Gasteiger partial charge in [-0.25, -0.2) is 0 Å². The SMILES string of the molecule is CC(C)Oc1ccc(Nc2ccc(C(=O)N3CCC4(CC3)OCCO4)nn2)cc1. The quantitative estimate of drug-likeness (QED) is 0.829. The maximum Gasteiger partial charge on any atom is 0.274 e. The molecule has 2 aromatic rings. The van der Waals surface area contributed by atoms with Gasteiger partial charge in [-0.15, -0.1) is 10.2 Å². The zero-order valence-corrected chi connectivity index (χ0v) is 16.8. The summed E-state index contributed by atoms with van der Waals surface area (Å²) >= 11 is 0. The van der Waals surface area contributed by atoms with Crippen LogP contribution in [0.4, 0.5) is 11.5 Å². The van der Waals surface area contributed by atoms with Gasteiger partial charge < -0.3 is 24.4 Å². The summed E-state index contributed by atoms with van der Waals surface area (Å²) in [6, 6.07) is 11.1. The Bertz CT molecular complexity index is 823. The van der Waals surface area contributed by atoms with Crippen LogP contribution in [-0.4, -0.2) is 59.2 Å². The molecule has 2 fully saturated rings. The predicted octanol–water partition coefficient (Wildman–Crippen LogP) is 2.99. The molecule has 2 aliphatic rings. The molecule has 1 spiro atoms. The second kappa shape index (κ2) is 8.34. The lowest BCUT2D eigenvalue weighted by molar-refractivity contribution is -0.181. The molecule has 0 aliphatic carbocycles. The number of aromatic nitrogens is 2. The minimum atomic E-state index is -0.494. The van der Waals surface area contributed by atoms with E-state index in [4.69, 9.17) is 14.2 Å². The van der Waals surface area contributed by atoms with Crippen molar-refractivity contribution in [3.63, 3.8) is 0 Å². The second-order valence-corrected chi connectivity index (χ2v) is 7.52. The lowest BCUT2D eigenvalue weighted by Gasteiger charge is -2.37. The minimum absolute atomic E-state index is 0.118. The molecular formula is C21H26N4O4. The van der Waals surface area contributed by atoms with Crippen molar-refractivity contribution in [3.8, 4) is 5.75 Å². The first kappa shape index (κ1) is 19.6. The maximum atomic E-state index is 12.7. The highest BCUT2D eigenvalue weighted by molar-refractivity contribution is 5.92. The van der Waals surface area contributed by atoms with E-state index in [1.807, 2.05) is 38.1 Å². The number of ether oxygens (including phenoxy) is 3. The van der Waals surface area contributed by atoms with Crippen LogP contribution in [0.15, 0.2) is 36.4 Å². The Hall–Kier alpha value is -2.71. The van der Waals surface area contributed by atoms with Crippen molar-refractivity contribution in [1.29, 1.82) is 0 Å². The first-order valence-corrected chi connectivity index (χ1v) is 9.98. The van der Waals surface area contributed by atoms with Crippen molar-refractivity contribution < 1.29 is 19.0 Å². The normalized spacial score (nSPS) is 18.2. The number of anilines is 2. The number of amides is 1. The van der Waals surface area contributed by atoms with E-state index in [1.54, 1.807) is 17.0 Å². The first-order chi connectivity index (χ1) is 14.0. The number of carbonyl (C=O) groups excluding carboxylic acids is 1. The molecule has 154 valence electrons. The molecule has 1 aromatic carbocycles. The predicted molar refractivity (Wildman–Crippen MR) is 107 cm³/mol. The third kappa shape index (κ3) is 4.65. The number of carbonyl (C=O) groups is 1. The summed E-state index contributed by atoms with van der Waals surface area (Å²) in [4.78, 5) is 14.5. The molecule has 0 saturated carbocycles. The van der Waals surface area contributed by atoms with Gasteiger partial charge in [-0.3, -0.25) is 4.79 Å². The number of rotatable bonds is 5. The van der Waals surface area contributed by atoms with Crippen molar-refractivity contribution in [1.82, 2.24) is 15.1 Å². The largest absolute Gasteiger partial charge is 0.491 e. The Morgan fingerprint density at radius 3 is 2.34 bits per heavy atom. The van der Waals surface area contributed by atoms with Crippen LogP contribution in [0.5, 0.6) is 5.75 Å². The zero-order chi connectivity index (χ0) is 20.3. The fourth-order valence-electron chi connectivity index (χ4n) is 3.55. The number of nitrogens with one attached hydrogen (secondary N) is 1. The van der Waals surface area contributed by atoms with E-state index in [9.17, 15) is 4.79 Å². The summed E-state index contributed by atoms with van der Waals surface area (Å²) in [6.07, 6.45) is 1.50. The van der Waals surface area contributed by atoms with Gasteiger partial charge in [0, 0.05) is 31.6 Å². The topological polar surface area (TPSA) is 85.8 Å². The molecule has 0 radical (unpaired) electrons. The number of likely N-dealkylation sites (tertiary alicyclic amines) is 1. The third-order valence-electron chi connectivity index (χ3n) is 5.01. The zero-order valence-electron chi connectivity index (χ0n) is 16.8. The first-order valence-electron chi connectivity index (χ1n) is 9.98. The van der Waals surface area contributed by atoms with Crippen LogP contribution in [0, 0.1) is 0 Å². The molecule has 1 N–H and O–H groups in total. The van der Waals surface area contributed by atoms with Crippen LogP contribution in [-0.2, 0) is 9.47 Å². The van der Waals surface area contributed by atoms with Gasteiger partial charge in [0.1, 0.15) is 5.75 Å². The number of benzene rings is 1. The van der Waals surface area contributed by atoms with Gasteiger partial charge in [-0.1, -0.05) is 0 Å². The Morgan fingerprint density at radius 1 is 1.07 bits per heavy atom. The third-order valence-corrected chi connectivity index (χ3v) is 5.01. The molecule has 2 saturated heterocycles. The van der Waals surface area contributed by atoms with E-state index in [2.05, 4.69) is 15.5 Å². The highest BCUT2D eigenvalue weighted by Crippen LogP contribution is 2.31. The summed E-state index contributed by atoms with van der Waals surface area (Å²) in [7, 11) is 0. The summed E-state index contributed by atoms with van der Waals surface area (Å²) in [6.45, 7) is 6.41. The van der Waals surface area contributed by atoms with E-state index in [0.717, 1.165) is 11.4 Å². The molecular weight excluding hydrogens is 372 g/mol. The molecule has 1 amide bonds. The summed E-state index contributed by atoms with van der Waals surface area (Å²) < 4.78 is 17.1. The average molecular weight is 398 g/mol. The lowest BCUT2D eigenvalue weighted by Crippen LogP contribution is -2.47. The molecule has 0 bridgehead atoms. The molecule has 2 aliphatic heterocycles. The smallest absolute Gasteiger partial charge is 0.274 e. The van der Waals surface area contributed by atoms with E-state index < -0.39 is 5.79 Å². The van der Waals surface area contributed by atoms with Crippen LogP contribution in [0.3, 0.4) is 0 Å². The van der Waals surface area contributed by atoms with Crippen molar-refractivity contribution in [2.75, 3.05) is 31.6 Å². The molecule has 3 heterocycles. The van der Waals surface area contributed by atoms with Crippen LogP contribution >= 0.6 is 0 Å². The molecule has 4 rings (SSSR count). The van der Waals surface area contributed by atoms with Crippen LogP contribution in [0.25, 0.3) is 0 Å². The lowest BCUT2D eigenvalue weighted by atomic mass is 10.0. The molecule has 8 heteroatoms. The molecule has 0 atom stereocenters. The Morgan fingerprint density at radius 2 is 1.76 bits per heavy atom. The van der Waals surface area contributed by atoms with Gasteiger partial charge in [-0.2, -0.15) is 0 Å². The highest BCUT2D eigenvalue weighted by atomic mass is 16.7. The van der Waals surface area contributed by atoms with Gasteiger partial charge in [0.25, 0.3) is 5.91 Å². The minimum Gasteiger partial charge on any atom is -0.491 e. The van der Waals surface area contributed by atoms with Gasteiger partial charge >= 0.3 is 0 Å². The summed E-state index contributed by atoms with van der Waals surface area (Å²) in [5, 5.41) is 11.4. The van der Waals surface area contributed by atoms with Gasteiger partial charge in [0.2, 0.25) is 0 Å². The van der Waals surface area contributed by atoms with Crippen molar-refractivity contribution in [3.05, 3.63) is 42.1 Å². The van der Waals surface area contributed by atoms with Gasteiger partial charge in [0.05, 0.1) is 19.3 Å². The molecule has 8 nitrogen and oxygen atoms in total. The fourth-order valence-corrected chi connectivity index (χ4v) is 3.55. The molecule has 1 aromatic heterocycles. The van der Waals surface area contributed by atoms with Gasteiger partial charge in [-0.05, 0) is 50.2 Å². The number of piperidine rings is 1. The molecule has 0 unspecified atom stereocenters. The average Bonchev–Trinajstić information content (AvgIpc) is 3.18. The summed E-state index contributed by atoms with van der Waals surface area (Å²) in [5.41, 5.74) is 1.20.